The van der Waals surface area contributed by atoms with Crippen LogP contribution in [-0.2, 0) is 0 Å². The summed E-state index contributed by atoms with van der Waals surface area (Å²) in [5.41, 5.74) is 1.46. The maximum Gasteiger partial charge on any atom is 0.254 e. The smallest absolute Gasteiger partial charge is 0.254 e. The number of nitrogens with zero attached hydrogens (tertiary/aromatic N) is 2. The number of hydrogen-bond acceptors (Lipinski definition) is 4. The number of hydrogen-bond donors (Lipinski definition) is 1. The van der Waals surface area contributed by atoms with E-state index in [4.69, 9.17) is 4.74 Å². The van der Waals surface area contributed by atoms with Crippen molar-refractivity contribution < 1.29 is 9.13 Å². The monoisotopic (exact) mass is 249 g/mol. The molecule has 1 N–H and O–H groups in total. The molecule has 0 spiro atoms. The molecule has 0 bridgehead atoms. The van der Waals surface area contributed by atoms with Gasteiger partial charge >= 0.3 is 0 Å². The van der Waals surface area contributed by atoms with E-state index in [-0.39, 0.29) is 5.88 Å². The number of aryl methyl sites for hydroxylation is 1. The highest BCUT2D eigenvalue weighted by molar-refractivity contribution is 5.63. The first kappa shape index (κ1) is 11.6. The number of rotatable bonds is 2. The van der Waals surface area contributed by atoms with Crippen molar-refractivity contribution in [3.63, 3.8) is 0 Å². The highest BCUT2D eigenvalue weighted by atomic mass is 19.1. The summed E-state index contributed by atoms with van der Waals surface area (Å²) in [7, 11) is 1.43. The van der Waals surface area contributed by atoms with E-state index in [1.54, 1.807) is 6.92 Å². The van der Waals surface area contributed by atoms with Crippen LogP contribution in [0.3, 0.4) is 0 Å². The van der Waals surface area contributed by atoms with Gasteiger partial charge in [0.05, 0.1) is 12.8 Å². The van der Waals surface area contributed by atoms with Crippen LogP contribution in [-0.4, -0.2) is 30.2 Å². The summed E-state index contributed by atoms with van der Waals surface area (Å²) in [6.07, 6.45) is 3.18. The zero-order valence-electron chi connectivity index (χ0n) is 10.5. The normalized spacial score (nSPS) is 26.1. The van der Waals surface area contributed by atoms with Gasteiger partial charge in [0.1, 0.15) is 0 Å². The Balaban J connectivity index is 1.96. The van der Waals surface area contributed by atoms with Crippen LogP contribution in [0.1, 0.15) is 17.9 Å². The van der Waals surface area contributed by atoms with Gasteiger partial charge in [-0.2, -0.15) is 9.37 Å². The molecule has 2 unspecified atom stereocenters. The highest BCUT2D eigenvalue weighted by Gasteiger charge is 2.33. The molecule has 2 aliphatic rings. The van der Waals surface area contributed by atoms with Gasteiger partial charge in [0.25, 0.3) is 5.88 Å². The van der Waals surface area contributed by atoms with Crippen molar-refractivity contribution in [3.05, 3.63) is 23.4 Å². The van der Waals surface area contributed by atoms with Crippen LogP contribution in [0.4, 0.5) is 4.39 Å². The topological polar surface area (TPSA) is 47.0 Å². The van der Waals surface area contributed by atoms with Crippen molar-refractivity contribution in [2.24, 2.45) is 11.8 Å². The maximum atomic E-state index is 13.6. The lowest BCUT2D eigenvalue weighted by Crippen LogP contribution is -2.10. The molecule has 1 aliphatic carbocycles. The summed E-state index contributed by atoms with van der Waals surface area (Å²) in [6.45, 7) is 3.70. The number of allylic oxidation sites excluding steroid dienone is 1. The number of aromatic nitrogens is 2. The fraction of sp³-hybridized carbons (Fsp3) is 0.538. The van der Waals surface area contributed by atoms with Crippen LogP contribution in [0.15, 0.2) is 6.08 Å². The van der Waals surface area contributed by atoms with Crippen LogP contribution < -0.4 is 10.1 Å². The van der Waals surface area contributed by atoms with E-state index in [1.165, 1.54) is 7.11 Å². The van der Waals surface area contributed by atoms with Gasteiger partial charge in [-0.25, -0.2) is 4.98 Å². The minimum Gasteiger partial charge on any atom is -0.479 e. The number of nitrogens with one attached hydrogen (secondary N) is 1. The molecule has 1 aliphatic heterocycles. The zero-order valence-corrected chi connectivity index (χ0v) is 10.5. The summed E-state index contributed by atoms with van der Waals surface area (Å²) >= 11 is 0. The quantitative estimate of drug-likeness (QED) is 0.864. The van der Waals surface area contributed by atoms with Crippen LogP contribution in [0, 0.1) is 24.6 Å². The van der Waals surface area contributed by atoms with Gasteiger partial charge in [-0.1, -0.05) is 6.08 Å². The summed E-state index contributed by atoms with van der Waals surface area (Å²) in [4.78, 5) is 8.40. The molecule has 0 amide bonds. The molecule has 4 nitrogen and oxygen atoms in total. The maximum absolute atomic E-state index is 13.6. The molecular weight excluding hydrogens is 233 g/mol. The van der Waals surface area contributed by atoms with Crippen LogP contribution in [0.2, 0.25) is 0 Å². The van der Waals surface area contributed by atoms with E-state index in [1.807, 2.05) is 0 Å². The fourth-order valence-corrected chi connectivity index (χ4v) is 2.76. The predicted octanol–water partition coefficient (Wildman–Crippen LogP) is 1.56. The highest BCUT2D eigenvalue weighted by Crippen LogP contribution is 2.37. The van der Waals surface area contributed by atoms with E-state index in [2.05, 4.69) is 21.4 Å². The summed E-state index contributed by atoms with van der Waals surface area (Å²) < 4.78 is 18.6. The molecule has 1 aromatic heterocycles. The predicted molar refractivity (Wildman–Crippen MR) is 65.7 cm³/mol. The zero-order chi connectivity index (χ0) is 12.7. The van der Waals surface area contributed by atoms with Gasteiger partial charge in [0, 0.05) is 6.54 Å². The Labute approximate surface area is 105 Å². The molecule has 1 fully saturated rings. The second-order valence-electron chi connectivity index (χ2n) is 4.93. The molecule has 96 valence electrons. The minimum atomic E-state index is -0.471. The molecule has 5 heteroatoms. The summed E-state index contributed by atoms with van der Waals surface area (Å²) in [6, 6.07) is 0. The van der Waals surface area contributed by atoms with Crippen molar-refractivity contribution >= 4 is 5.57 Å². The molecule has 2 atom stereocenters. The third-order valence-corrected chi connectivity index (χ3v) is 3.76. The lowest BCUT2D eigenvalue weighted by Gasteiger charge is -2.08. The number of methoxy groups -OCH3 is 1. The molecule has 2 heterocycles. The van der Waals surface area contributed by atoms with E-state index >= 15 is 0 Å². The van der Waals surface area contributed by atoms with Crippen molar-refractivity contribution in [2.75, 3.05) is 20.2 Å². The van der Waals surface area contributed by atoms with E-state index in [0.29, 0.717) is 23.4 Å². The first-order valence-corrected chi connectivity index (χ1v) is 6.19. The first-order valence-electron chi connectivity index (χ1n) is 6.19. The van der Waals surface area contributed by atoms with E-state index < -0.39 is 5.82 Å². The van der Waals surface area contributed by atoms with E-state index in [9.17, 15) is 4.39 Å². The van der Waals surface area contributed by atoms with Crippen LogP contribution in [0.5, 0.6) is 5.88 Å². The standard InChI is InChI=1S/C13H16FN3O/c1-7-11(14)13(18-2)17-12(16-7)8-3-9-5-15-6-10(9)4-8/h3,9-10,15H,4-6H2,1-2H3. The van der Waals surface area contributed by atoms with E-state index in [0.717, 1.165) is 25.1 Å². The van der Waals surface area contributed by atoms with Crippen molar-refractivity contribution in [2.45, 2.75) is 13.3 Å². The molecule has 0 radical (unpaired) electrons. The average molecular weight is 249 g/mol. The Hall–Kier alpha value is -1.49. The lowest BCUT2D eigenvalue weighted by atomic mass is 10.00. The van der Waals surface area contributed by atoms with Gasteiger partial charge in [-0.15, -0.1) is 0 Å². The molecular formula is C13H16FN3O. The molecule has 0 saturated carbocycles. The van der Waals surface area contributed by atoms with Gasteiger partial charge in [-0.3, -0.25) is 0 Å². The molecule has 3 rings (SSSR count). The third-order valence-electron chi connectivity index (χ3n) is 3.76. The Morgan fingerprint density at radius 1 is 1.39 bits per heavy atom. The summed E-state index contributed by atoms with van der Waals surface area (Å²) in [5, 5.41) is 3.37. The lowest BCUT2D eigenvalue weighted by molar-refractivity contribution is 0.364. The van der Waals surface area contributed by atoms with Gasteiger partial charge < -0.3 is 10.1 Å². The van der Waals surface area contributed by atoms with Crippen LogP contribution >= 0.6 is 0 Å². The largest absolute Gasteiger partial charge is 0.479 e. The summed E-state index contributed by atoms with van der Waals surface area (Å²) in [5.74, 6) is 1.38. The number of fused-ring (bicyclic) bond motifs is 1. The average Bonchev–Trinajstić information content (AvgIpc) is 2.92. The van der Waals surface area contributed by atoms with Gasteiger partial charge in [0.2, 0.25) is 5.82 Å². The fourth-order valence-electron chi connectivity index (χ4n) is 2.76. The second kappa shape index (κ2) is 4.31. The van der Waals surface area contributed by atoms with Gasteiger partial charge in [-0.05, 0) is 37.3 Å². The Morgan fingerprint density at radius 3 is 2.94 bits per heavy atom. The Bertz CT molecular complexity index is 515. The Kier molecular flexibility index (Phi) is 2.78. The van der Waals surface area contributed by atoms with Crippen LogP contribution in [0.25, 0.3) is 5.57 Å². The Morgan fingerprint density at radius 2 is 2.22 bits per heavy atom. The first-order chi connectivity index (χ1) is 8.69. The SMILES string of the molecule is COc1nc(C2=CC3CNCC3C2)nc(C)c1F. The molecule has 1 aromatic rings. The molecule has 1 saturated heterocycles. The molecule has 0 aromatic carbocycles. The number of halogens is 1. The molecule has 18 heavy (non-hydrogen) atoms. The van der Waals surface area contributed by atoms with Crippen molar-refractivity contribution in [3.8, 4) is 5.88 Å². The second-order valence-corrected chi connectivity index (χ2v) is 4.93. The van der Waals surface area contributed by atoms with Crippen molar-refractivity contribution in [1.82, 2.24) is 15.3 Å². The number of ether oxygens (including phenoxy) is 1. The minimum absolute atomic E-state index is 0.0357. The van der Waals surface area contributed by atoms with Crippen molar-refractivity contribution in [1.29, 1.82) is 0 Å². The third kappa shape index (κ3) is 1.79. The van der Waals surface area contributed by atoms with Gasteiger partial charge in [0.15, 0.2) is 5.82 Å².